The van der Waals surface area contributed by atoms with Crippen molar-refractivity contribution in [1.29, 1.82) is 0 Å². The molecule has 0 saturated heterocycles. The van der Waals surface area contributed by atoms with Crippen LogP contribution in [0.4, 0.5) is 0 Å². The van der Waals surface area contributed by atoms with Crippen molar-refractivity contribution < 1.29 is 5.11 Å². The van der Waals surface area contributed by atoms with Gasteiger partial charge in [-0.15, -0.1) is 5.10 Å². The monoisotopic (exact) mass is 170 g/mol. The van der Waals surface area contributed by atoms with Crippen molar-refractivity contribution in [2.24, 2.45) is 5.73 Å². The summed E-state index contributed by atoms with van der Waals surface area (Å²) in [7, 11) is 0. The highest BCUT2D eigenvalue weighted by Crippen LogP contribution is 1.96. The molecule has 1 heterocycles. The first-order chi connectivity index (χ1) is 5.72. The van der Waals surface area contributed by atoms with Crippen LogP contribution in [-0.4, -0.2) is 26.2 Å². The first kappa shape index (κ1) is 9.15. The molecule has 1 aromatic heterocycles. The van der Waals surface area contributed by atoms with E-state index in [0.717, 1.165) is 5.69 Å². The number of aryl methyl sites for hydroxylation is 1. The minimum absolute atomic E-state index is 0.296. The summed E-state index contributed by atoms with van der Waals surface area (Å²) >= 11 is 0. The predicted molar refractivity (Wildman–Crippen MR) is 44.2 cm³/mol. The van der Waals surface area contributed by atoms with Crippen LogP contribution in [0, 0.1) is 0 Å². The fourth-order valence-corrected chi connectivity index (χ4v) is 0.860. The second-order valence-electron chi connectivity index (χ2n) is 2.81. The maximum Gasteiger partial charge on any atom is 0.0962 e. The topological polar surface area (TPSA) is 77.0 Å². The van der Waals surface area contributed by atoms with Gasteiger partial charge in [0.2, 0.25) is 0 Å². The molecule has 5 heteroatoms. The van der Waals surface area contributed by atoms with Crippen LogP contribution in [0.25, 0.3) is 0 Å². The molecule has 0 bridgehead atoms. The van der Waals surface area contributed by atoms with Gasteiger partial charge in [0.05, 0.1) is 11.8 Å². The number of hydrogen-bond acceptors (Lipinski definition) is 4. The molecular weight excluding hydrogens is 156 g/mol. The van der Waals surface area contributed by atoms with Gasteiger partial charge in [-0.05, 0) is 13.3 Å². The highest BCUT2D eigenvalue weighted by molar-refractivity contribution is 4.90. The van der Waals surface area contributed by atoms with Gasteiger partial charge in [-0.3, -0.25) is 4.68 Å². The lowest BCUT2D eigenvalue weighted by molar-refractivity contribution is 0.176. The lowest BCUT2D eigenvalue weighted by Crippen LogP contribution is -2.07. The lowest BCUT2D eigenvalue weighted by Gasteiger charge is -2.01. The van der Waals surface area contributed by atoms with Crippen LogP contribution in [0.2, 0.25) is 0 Å². The molecule has 0 aliphatic heterocycles. The fraction of sp³-hybridized carbons (Fsp3) is 0.714. The van der Waals surface area contributed by atoms with E-state index in [4.69, 9.17) is 10.8 Å². The van der Waals surface area contributed by atoms with E-state index in [1.165, 1.54) is 0 Å². The number of aromatic nitrogens is 3. The molecule has 1 rings (SSSR count). The Hall–Kier alpha value is -0.940. The molecule has 0 amide bonds. The van der Waals surface area contributed by atoms with Crippen molar-refractivity contribution in [1.82, 2.24) is 15.0 Å². The van der Waals surface area contributed by atoms with Gasteiger partial charge in [0.15, 0.2) is 0 Å². The number of aliphatic hydroxyl groups is 1. The van der Waals surface area contributed by atoms with Crippen molar-refractivity contribution in [3.63, 3.8) is 0 Å². The molecule has 1 unspecified atom stereocenters. The van der Waals surface area contributed by atoms with E-state index in [2.05, 4.69) is 10.3 Å². The Labute approximate surface area is 71.2 Å². The average molecular weight is 170 g/mol. The summed E-state index contributed by atoms with van der Waals surface area (Å²) in [6, 6.07) is 0. The standard InChI is InChI=1S/C7H14N4O/c1-6(12)2-3-11-5-7(4-8)9-10-11/h5-6,12H,2-4,8H2,1H3. The highest BCUT2D eigenvalue weighted by Gasteiger charge is 1.99. The van der Waals surface area contributed by atoms with Gasteiger partial charge < -0.3 is 10.8 Å². The van der Waals surface area contributed by atoms with Gasteiger partial charge in [-0.2, -0.15) is 0 Å². The van der Waals surface area contributed by atoms with E-state index >= 15 is 0 Å². The molecule has 5 nitrogen and oxygen atoms in total. The first-order valence-electron chi connectivity index (χ1n) is 3.99. The van der Waals surface area contributed by atoms with E-state index in [-0.39, 0.29) is 6.10 Å². The van der Waals surface area contributed by atoms with E-state index in [1.807, 2.05) is 0 Å². The normalized spacial score (nSPS) is 13.2. The zero-order valence-corrected chi connectivity index (χ0v) is 7.14. The molecule has 0 fully saturated rings. The van der Waals surface area contributed by atoms with E-state index in [0.29, 0.717) is 19.5 Å². The summed E-state index contributed by atoms with van der Waals surface area (Å²) in [5.41, 5.74) is 6.13. The summed E-state index contributed by atoms with van der Waals surface area (Å²) in [6.07, 6.45) is 2.19. The predicted octanol–water partition coefficient (Wildman–Crippen LogP) is -0.492. The van der Waals surface area contributed by atoms with Crippen LogP contribution in [0.3, 0.4) is 0 Å². The molecule has 3 N–H and O–H groups in total. The molecule has 1 atom stereocenters. The van der Waals surface area contributed by atoms with Crippen molar-refractivity contribution in [3.8, 4) is 0 Å². The van der Waals surface area contributed by atoms with Gasteiger partial charge in [0.1, 0.15) is 0 Å². The maximum absolute atomic E-state index is 8.99. The van der Waals surface area contributed by atoms with Gasteiger partial charge in [0.25, 0.3) is 0 Å². The lowest BCUT2D eigenvalue weighted by atomic mass is 10.3. The fourth-order valence-electron chi connectivity index (χ4n) is 0.860. The van der Waals surface area contributed by atoms with Crippen LogP contribution in [-0.2, 0) is 13.1 Å². The number of rotatable bonds is 4. The third-order valence-corrected chi connectivity index (χ3v) is 1.57. The number of nitrogens with zero attached hydrogens (tertiary/aromatic N) is 3. The molecule has 0 spiro atoms. The van der Waals surface area contributed by atoms with Crippen molar-refractivity contribution in [2.75, 3.05) is 0 Å². The largest absolute Gasteiger partial charge is 0.393 e. The second kappa shape index (κ2) is 4.18. The Balaban J connectivity index is 2.41. The molecule has 0 radical (unpaired) electrons. The molecular formula is C7H14N4O. The minimum Gasteiger partial charge on any atom is -0.393 e. The molecule has 1 aromatic rings. The van der Waals surface area contributed by atoms with E-state index < -0.39 is 0 Å². The molecule has 0 aliphatic rings. The summed E-state index contributed by atoms with van der Waals surface area (Å²) < 4.78 is 1.69. The Morgan fingerprint density at radius 3 is 3.00 bits per heavy atom. The van der Waals surface area contributed by atoms with Crippen molar-refractivity contribution >= 4 is 0 Å². The second-order valence-corrected chi connectivity index (χ2v) is 2.81. The van der Waals surface area contributed by atoms with Gasteiger partial charge in [0, 0.05) is 19.3 Å². The van der Waals surface area contributed by atoms with Crippen molar-refractivity contribution in [2.45, 2.75) is 32.5 Å². The Morgan fingerprint density at radius 1 is 1.75 bits per heavy atom. The van der Waals surface area contributed by atoms with Gasteiger partial charge in [-0.1, -0.05) is 5.21 Å². The summed E-state index contributed by atoms with van der Waals surface area (Å²) in [4.78, 5) is 0. The van der Waals surface area contributed by atoms with Crippen LogP contribution >= 0.6 is 0 Å². The third-order valence-electron chi connectivity index (χ3n) is 1.57. The molecule has 0 aliphatic carbocycles. The molecule has 0 saturated carbocycles. The van der Waals surface area contributed by atoms with Crippen LogP contribution in [0.15, 0.2) is 6.20 Å². The smallest absolute Gasteiger partial charge is 0.0962 e. The summed E-state index contributed by atoms with van der Waals surface area (Å²) in [5, 5.41) is 16.6. The average Bonchev–Trinajstić information content (AvgIpc) is 2.48. The maximum atomic E-state index is 8.99. The molecule has 68 valence electrons. The van der Waals surface area contributed by atoms with E-state index in [9.17, 15) is 0 Å². The Kier molecular flexibility index (Phi) is 3.19. The third kappa shape index (κ3) is 2.60. The summed E-state index contributed by atoms with van der Waals surface area (Å²) in [5.74, 6) is 0. The van der Waals surface area contributed by atoms with E-state index in [1.54, 1.807) is 17.8 Å². The highest BCUT2D eigenvalue weighted by atomic mass is 16.3. The molecule has 12 heavy (non-hydrogen) atoms. The van der Waals surface area contributed by atoms with Crippen LogP contribution in [0.5, 0.6) is 0 Å². The number of nitrogens with two attached hydrogens (primary N) is 1. The zero-order valence-electron chi connectivity index (χ0n) is 7.14. The zero-order chi connectivity index (χ0) is 8.97. The van der Waals surface area contributed by atoms with Crippen LogP contribution < -0.4 is 5.73 Å². The van der Waals surface area contributed by atoms with Crippen LogP contribution in [0.1, 0.15) is 19.0 Å². The Bertz CT molecular complexity index is 233. The van der Waals surface area contributed by atoms with Crippen molar-refractivity contribution in [3.05, 3.63) is 11.9 Å². The minimum atomic E-state index is -0.296. The molecule has 0 aromatic carbocycles. The SMILES string of the molecule is CC(O)CCn1cc(CN)nn1. The van der Waals surface area contributed by atoms with Gasteiger partial charge >= 0.3 is 0 Å². The number of hydrogen-bond donors (Lipinski definition) is 2. The first-order valence-corrected chi connectivity index (χ1v) is 3.99. The number of aliphatic hydroxyl groups excluding tert-OH is 1. The summed E-state index contributed by atoms with van der Waals surface area (Å²) in [6.45, 7) is 2.85. The quantitative estimate of drug-likeness (QED) is 0.639. The van der Waals surface area contributed by atoms with Gasteiger partial charge in [-0.25, -0.2) is 0 Å². The Morgan fingerprint density at radius 2 is 2.50 bits per heavy atom.